The fraction of sp³-hybridized carbons (Fsp3) is 0.300. The number of carbonyl (C=O) groups is 1. The molecule has 1 aromatic carbocycles. The Morgan fingerprint density at radius 1 is 1.36 bits per heavy atom. The number of hydrogen-bond donors (Lipinski definition) is 0. The third kappa shape index (κ3) is 4.11. The van der Waals surface area contributed by atoms with Crippen molar-refractivity contribution in [3.63, 3.8) is 0 Å². The third-order valence-electron chi connectivity index (χ3n) is 1.59. The molecule has 0 aliphatic carbocycles. The van der Waals surface area contributed by atoms with Crippen LogP contribution in [0.1, 0.15) is 5.56 Å². The first-order valence-corrected chi connectivity index (χ1v) is 5.65. The van der Waals surface area contributed by atoms with Crippen LogP contribution in [-0.2, 0) is 10.5 Å². The van der Waals surface area contributed by atoms with Gasteiger partial charge < -0.3 is 0 Å². The Kier molecular flexibility index (Phi) is 4.98. The number of alkyl halides is 1. The minimum absolute atomic E-state index is 0.235. The van der Waals surface area contributed by atoms with E-state index in [0.29, 0.717) is 10.8 Å². The van der Waals surface area contributed by atoms with Crippen LogP contribution >= 0.6 is 23.4 Å². The molecule has 0 spiro atoms. The van der Waals surface area contributed by atoms with Gasteiger partial charge in [0, 0.05) is 10.8 Å². The molecule has 0 amide bonds. The second-order valence-corrected chi connectivity index (χ2v) is 4.21. The van der Waals surface area contributed by atoms with Crippen molar-refractivity contribution in [2.45, 2.75) is 5.75 Å². The summed E-state index contributed by atoms with van der Waals surface area (Å²) in [4.78, 5) is 10.6. The summed E-state index contributed by atoms with van der Waals surface area (Å²) >= 11 is 7.12. The van der Waals surface area contributed by atoms with E-state index in [1.165, 1.54) is 11.8 Å². The first-order valence-electron chi connectivity index (χ1n) is 4.12. The fourth-order valence-corrected chi connectivity index (χ4v) is 1.86. The SMILES string of the molecule is O=C(CF)CSCc1ccc(Cl)cc1. The third-order valence-corrected chi connectivity index (χ3v) is 2.91. The van der Waals surface area contributed by atoms with Crippen molar-refractivity contribution >= 4 is 29.1 Å². The van der Waals surface area contributed by atoms with Crippen LogP contribution in [0.5, 0.6) is 0 Å². The van der Waals surface area contributed by atoms with Crippen molar-refractivity contribution in [3.05, 3.63) is 34.9 Å². The van der Waals surface area contributed by atoms with Crippen LogP contribution in [0.3, 0.4) is 0 Å². The zero-order valence-electron chi connectivity index (χ0n) is 7.50. The van der Waals surface area contributed by atoms with Gasteiger partial charge in [0.05, 0.1) is 5.75 Å². The van der Waals surface area contributed by atoms with E-state index in [-0.39, 0.29) is 11.5 Å². The quantitative estimate of drug-likeness (QED) is 0.776. The Morgan fingerprint density at radius 3 is 2.57 bits per heavy atom. The van der Waals surface area contributed by atoms with Gasteiger partial charge in [0.25, 0.3) is 0 Å². The molecule has 0 N–H and O–H groups in total. The number of Topliss-reactive ketones (excluding diaryl/α,β-unsaturated/α-hetero) is 1. The number of hydrogen-bond acceptors (Lipinski definition) is 2. The number of halogens is 2. The Balaban J connectivity index is 2.31. The average molecular weight is 233 g/mol. The van der Waals surface area contributed by atoms with Gasteiger partial charge in [0.1, 0.15) is 6.67 Å². The molecule has 0 radical (unpaired) electrons. The second-order valence-electron chi connectivity index (χ2n) is 2.79. The lowest BCUT2D eigenvalue weighted by molar-refractivity contribution is -0.117. The molecular weight excluding hydrogens is 223 g/mol. The topological polar surface area (TPSA) is 17.1 Å². The molecule has 0 fully saturated rings. The highest BCUT2D eigenvalue weighted by Crippen LogP contribution is 2.15. The van der Waals surface area contributed by atoms with E-state index < -0.39 is 6.67 Å². The molecule has 0 saturated carbocycles. The summed E-state index contributed by atoms with van der Waals surface area (Å²) in [7, 11) is 0. The Bertz CT molecular complexity index is 299. The molecule has 0 unspecified atom stereocenters. The van der Waals surface area contributed by atoms with E-state index >= 15 is 0 Å². The van der Waals surface area contributed by atoms with Crippen molar-refractivity contribution in [2.75, 3.05) is 12.4 Å². The molecule has 1 aromatic rings. The molecule has 4 heteroatoms. The average Bonchev–Trinajstić information content (AvgIpc) is 2.21. The summed E-state index contributed by atoms with van der Waals surface area (Å²) in [5.41, 5.74) is 1.09. The maximum absolute atomic E-state index is 11.8. The minimum Gasteiger partial charge on any atom is -0.296 e. The molecule has 0 atom stereocenters. The maximum Gasteiger partial charge on any atom is 0.173 e. The van der Waals surface area contributed by atoms with Crippen molar-refractivity contribution in [1.29, 1.82) is 0 Å². The Morgan fingerprint density at radius 2 is 2.00 bits per heavy atom. The van der Waals surface area contributed by atoms with Crippen LogP contribution < -0.4 is 0 Å². The first-order chi connectivity index (χ1) is 6.72. The van der Waals surface area contributed by atoms with Crippen LogP contribution in [0, 0.1) is 0 Å². The predicted octanol–water partition coefficient (Wildman–Crippen LogP) is 3.11. The molecule has 0 heterocycles. The molecule has 1 rings (SSSR count). The van der Waals surface area contributed by atoms with Gasteiger partial charge in [-0.25, -0.2) is 4.39 Å². The van der Waals surface area contributed by atoms with Gasteiger partial charge in [0.2, 0.25) is 0 Å². The second kappa shape index (κ2) is 6.04. The first kappa shape index (κ1) is 11.5. The van der Waals surface area contributed by atoms with E-state index in [9.17, 15) is 9.18 Å². The van der Waals surface area contributed by atoms with Gasteiger partial charge in [0.15, 0.2) is 5.78 Å². The molecule has 0 aliphatic heterocycles. The normalized spacial score (nSPS) is 10.1. The standard InChI is InChI=1S/C10H10ClFOS/c11-9-3-1-8(2-4-9)6-14-7-10(13)5-12/h1-4H,5-7H2. The van der Waals surface area contributed by atoms with Crippen molar-refractivity contribution in [3.8, 4) is 0 Å². The molecule has 1 nitrogen and oxygen atoms in total. The van der Waals surface area contributed by atoms with Crippen LogP contribution in [0.15, 0.2) is 24.3 Å². The number of benzene rings is 1. The molecule has 76 valence electrons. The van der Waals surface area contributed by atoms with Crippen LogP contribution in [0.4, 0.5) is 4.39 Å². The van der Waals surface area contributed by atoms with Crippen LogP contribution in [0.25, 0.3) is 0 Å². The predicted molar refractivity (Wildman–Crippen MR) is 58.6 cm³/mol. The number of ketones is 1. The zero-order chi connectivity index (χ0) is 10.4. The molecule has 14 heavy (non-hydrogen) atoms. The number of thioether (sulfide) groups is 1. The molecule has 0 aromatic heterocycles. The number of rotatable bonds is 5. The van der Waals surface area contributed by atoms with Gasteiger partial charge in [-0.3, -0.25) is 4.79 Å². The largest absolute Gasteiger partial charge is 0.296 e. The fourth-order valence-electron chi connectivity index (χ4n) is 0.902. The van der Waals surface area contributed by atoms with E-state index in [0.717, 1.165) is 5.56 Å². The minimum atomic E-state index is -0.867. The van der Waals surface area contributed by atoms with Crippen LogP contribution in [0.2, 0.25) is 5.02 Å². The summed E-state index contributed by atoms with van der Waals surface area (Å²) in [6, 6.07) is 7.40. The summed E-state index contributed by atoms with van der Waals surface area (Å²) in [5.74, 6) is 0.589. The lowest BCUT2D eigenvalue weighted by atomic mass is 10.2. The molecule has 0 saturated heterocycles. The van der Waals surface area contributed by atoms with Crippen molar-refractivity contribution < 1.29 is 9.18 Å². The summed E-state index contributed by atoms with van der Waals surface area (Å²) in [6.45, 7) is -0.867. The van der Waals surface area contributed by atoms with Gasteiger partial charge in [-0.2, -0.15) is 0 Å². The van der Waals surface area contributed by atoms with Crippen molar-refractivity contribution in [2.24, 2.45) is 0 Å². The molecule has 0 bridgehead atoms. The van der Waals surface area contributed by atoms with E-state index in [4.69, 9.17) is 11.6 Å². The zero-order valence-corrected chi connectivity index (χ0v) is 9.08. The lowest BCUT2D eigenvalue weighted by Gasteiger charge is -1.99. The summed E-state index contributed by atoms with van der Waals surface area (Å²) in [5, 5.41) is 0.693. The highest BCUT2D eigenvalue weighted by Gasteiger charge is 2.00. The van der Waals surface area contributed by atoms with E-state index in [2.05, 4.69) is 0 Å². The van der Waals surface area contributed by atoms with Gasteiger partial charge in [-0.15, -0.1) is 11.8 Å². The molecule has 0 aliphatic rings. The van der Waals surface area contributed by atoms with Gasteiger partial charge in [-0.05, 0) is 17.7 Å². The smallest absolute Gasteiger partial charge is 0.173 e. The van der Waals surface area contributed by atoms with Gasteiger partial charge in [-0.1, -0.05) is 23.7 Å². The Labute approximate surface area is 91.6 Å². The molecular formula is C10H10ClFOS. The highest BCUT2D eigenvalue weighted by molar-refractivity contribution is 7.99. The van der Waals surface area contributed by atoms with E-state index in [1.54, 1.807) is 12.1 Å². The van der Waals surface area contributed by atoms with Gasteiger partial charge >= 0.3 is 0 Å². The van der Waals surface area contributed by atoms with Crippen LogP contribution in [-0.4, -0.2) is 18.2 Å². The summed E-state index contributed by atoms with van der Waals surface area (Å²) < 4.78 is 11.8. The highest BCUT2D eigenvalue weighted by atomic mass is 35.5. The van der Waals surface area contributed by atoms with Crippen molar-refractivity contribution in [1.82, 2.24) is 0 Å². The summed E-state index contributed by atoms with van der Waals surface area (Å²) in [6.07, 6.45) is 0. The lowest BCUT2D eigenvalue weighted by Crippen LogP contribution is -2.03. The number of carbonyl (C=O) groups excluding carboxylic acids is 1. The monoisotopic (exact) mass is 232 g/mol. The maximum atomic E-state index is 11.8. The van der Waals surface area contributed by atoms with E-state index in [1.807, 2.05) is 12.1 Å². The Hall–Kier alpha value is -0.540.